The van der Waals surface area contributed by atoms with Gasteiger partial charge in [-0.05, 0) is 42.7 Å². The highest BCUT2D eigenvalue weighted by Gasteiger charge is 2.03. The van der Waals surface area contributed by atoms with Crippen LogP contribution < -0.4 is 0 Å². The third-order valence-electron chi connectivity index (χ3n) is 1.87. The fourth-order valence-electron chi connectivity index (χ4n) is 1.10. The molecule has 1 aromatic rings. The molecule has 0 unspecified atom stereocenters. The molecular weight excluding hydrogens is 264 g/mol. The van der Waals surface area contributed by atoms with Crippen molar-refractivity contribution in [1.29, 1.82) is 0 Å². The van der Waals surface area contributed by atoms with E-state index in [0.29, 0.717) is 12.2 Å². The molecule has 0 amide bonds. The van der Waals surface area contributed by atoms with Crippen LogP contribution in [0.3, 0.4) is 0 Å². The first-order valence-electron chi connectivity index (χ1n) is 4.73. The zero-order chi connectivity index (χ0) is 12.0. The van der Waals surface area contributed by atoms with Crippen molar-refractivity contribution in [2.45, 2.75) is 16.2 Å². The monoisotopic (exact) mass is 278 g/mol. The summed E-state index contributed by atoms with van der Waals surface area (Å²) in [5.41, 5.74) is 0. The average molecular weight is 278 g/mol. The SMILES string of the molecule is CSc1ccc(SCCCS(=O)(=O)O)cc1. The lowest BCUT2D eigenvalue weighted by Gasteiger charge is -2.02. The molecule has 0 aromatic heterocycles. The second kappa shape index (κ2) is 6.54. The fourth-order valence-corrected chi connectivity index (χ4v) is 3.06. The minimum Gasteiger partial charge on any atom is -0.286 e. The van der Waals surface area contributed by atoms with Gasteiger partial charge in [-0.3, -0.25) is 4.55 Å². The van der Waals surface area contributed by atoms with Gasteiger partial charge in [0, 0.05) is 9.79 Å². The third kappa shape index (κ3) is 5.79. The lowest BCUT2D eigenvalue weighted by Crippen LogP contribution is -2.04. The molecule has 0 saturated carbocycles. The first kappa shape index (κ1) is 13.9. The van der Waals surface area contributed by atoms with Gasteiger partial charge < -0.3 is 0 Å². The van der Waals surface area contributed by atoms with Crippen LogP contribution in [0.5, 0.6) is 0 Å². The Morgan fingerprint density at radius 3 is 2.25 bits per heavy atom. The summed E-state index contributed by atoms with van der Waals surface area (Å²) >= 11 is 3.28. The van der Waals surface area contributed by atoms with Gasteiger partial charge in [-0.25, -0.2) is 0 Å². The Balaban J connectivity index is 2.32. The summed E-state index contributed by atoms with van der Waals surface area (Å²) in [5, 5.41) is 0. The highest BCUT2D eigenvalue weighted by molar-refractivity contribution is 7.99. The van der Waals surface area contributed by atoms with E-state index in [4.69, 9.17) is 4.55 Å². The minimum atomic E-state index is -3.81. The zero-order valence-corrected chi connectivity index (χ0v) is 11.4. The lowest BCUT2D eigenvalue weighted by molar-refractivity contribution is 0.482. The van der Waals surface area contributed by atoms with E-state index in [1.807, 2.05) is 30.5 Å². The smallest absolute Gasteiger partial charge is 0.264 e. The van der Waals surface area contributed by atoms with Crippen LogP contribution in [0.1, 0.15) is 6.42 Å². The van der Waals surface area contributed by atoms with E-state index in [0.717, 1.165) is 4.90 Å². The molecule has 1 rings (SSSR count). The average Bonchev–Trinajstić information content (AvgIpc) is 2.24. The Kier molecular flexibility index (Phi) is 5.68. The number of hydrogen-bond acceptors (Lipinski definition) is 4. The van der Waals surface area contributed by atoms with E-state index < -0.39 is 10.1 Å². The van der Waals surface area contributed by atoms with Gasteiger partial charge in [-0.2, -0.15) is 8.42 Å². The summed E-state index contributed by atoms with van der Waals surface area (Å²) in [5.74, 6) is 0.529. The topological polar surface area (TPSA) is 54.4 Å². The van der Waals surface area contributed by atoms with Gasteiger partial charge in [0.15, 0.2) is 0 Å². The highest BCUT2D eigenvalue weighted by Crippen LogP contribution is 2.22. The number of rotatable bonds is 6. The van der Waals surface area contributed by atoms with E-state index in [2.05, 4.69) is 0 Å². The number of hydrogen-bond donors (Lipinski definition) is 1. The van der Waals surface area contributed by atoms with Gasteiger partial charge in [0.25, 0.3) is 10.1 Å². The molecule has 0 aliphatic carbocycles. The van der Waals surface area contributed by atoms with E-state index >= 15 is 0 Å². The second-order valence-electron chi connectivity index (χ2n) is 3.16. The predicted molar refractivity (Wildman–Crippen MR) is 70.0 cm³/mol. The van der Waals surface area contributed by atoms with Gasteiger partial charge >= 0.3 is 0 Å². The van der Waals surface area contributed by atoms with E-state index in [9.17, 15) is 8.42 Å². The maximum Gasteiger partial charge on any atom is 0.264 e. The van der Waals surface area contributed by atoms with E-state index in [1.54, 1.807) is 23.5 Å². The van der Waals surface area contributed by atoms with Gasteiger partial charge in [0.05, 0.1) is 5.75 Å². The van der Waals surface area contributed by atoms with Crippen LogP contribution in [-0.4, -0.2) is 30.7 Å². The summed E-state index contributed by atoms with van der Waals surface area (Å²) in [4.78, 5) is 2.33. The molecular formula is C10H14O3S3. The Labute approximate surface area is 105 Å². The first-order chi connectivity index (χ1) is 7.51. The van der Waals surface area contributed by atoms with E-state index in [-0.39, 0.29) is 5.75 Å². The molecule has 0 saturated heterocycles. The van der Waals surface area contributed by atoms with Crippen molar-refractivity contribution in [3.63, 3.8) is 0 Å². The Morgan fingerprint density at radius 1 is 1.19 bits per heavy atom. The second-order valence-corrected chi connectivity index (χ2v) is 6.78. The quantitative estimate of drug-likeness (QED) is 0.492. The highest BCUT2D eigenvalue weighted by atomic mass is 32.2. The van der Waals surface area contributed by atoms with Crippen molar-refractivity contribution >= 4 is 33.6 Å². The van der Waals surface area contributed by atoms with Crippen molar-refractivity contribution in [1.82, 2.24) is 0 Å². The van der Waals surface area contributed by atoms with Crippen LogP contribution in [0.2, 0.25) is 0 Å². The third-order valence-corrected chi connectivity index (χ3v) is 4.52. The Bertz CT molecular complexity index is 411. The Morgan fingerprint density at radius 2 is 1.75 bits per heavy atom. The summed E-state index contributed by atoms with van der Waals surface area (Å²) in [7, 11) is -3.81. The molecule has 0 radical (unpaired) electrons. The van der Waals surface area contributed by atoms with E-state index in [1.165, 1.54) is 4.90 Å². The number of benzene rings is 1. The lowest BCUT2D eigenvalue weighted by atomic mass is 10.4. The maximum absolute atomic E-state index is 10.5. The molecule has 1 N–H and O–H groups in total. The van der Waals surface area contributed by atoms with Crippen LogP contribution in [0.15, 0.2) is 34.1 Å². The molecule has 0 atom stereocenters. The van der Waals surface area contributed by atoms with Gasteiger partial charge in [0.2, 0.25) is 0 Å². The summed E-state index contributed by atoms with van der Waals surface area (Å²) in [6.07, 6.45) is 2.49. The normalized spacial score (nSPS) is 11.6. The van der Waals surface area contributed by atoms with Gasteiger partial charge in [-0.15, -0.1) is 23.5 Å². The molecule has 0 fully saturated rings. The van der Waals surface area contributed by atoms with Gasteiger partial charge in [0.1, 0.15) is 0 Å². The Hall–Kier alpha value is -0.170. The molecule has 0 spiro atoms. The van der Waals surface area contributed by atoms with Crippen LogP contribution in [0.25, 0.3) is 0 Å². The van der Waals surface area contributed by atoms with Crippen LogP contribution in [0.4, 0.5) is 0 Å². The van der Waals surface area contributed by atoms with Crippen molar-refractivity contribution in [3.8, 4) is 0 Å². The molecule has 90 valence electrons. The van der Waals surface area contributed by atoms with Crippen LogP contribution in [0, 0.1) is 0 Å². The molecule has 0 aliphatic rings. The van der Waals surface area contributed by atoms with Gasteiger partial charge in [-0.1, -0.05) is 0 Å². The van der Waals surface area contributed by atoms with Crippen LogP contribution >= 0.6 is 23.5 Å². The zero-order valence-electron chi connectivity index (χ0n) is 8.92. The molecule has 1 aromatic carbocycles. The predicted octanol–water partition coefficient (Wildman–Crippen LogP) is 2.78. The minimum absolute atomic E-state index is 0.164. The molecule has 0 aliphatic heterocycles. The van der Waals surface area contributed by atoms with Crippen molar-refractivity contribution < 1.29 is 13.0 Å². The molecule has 0 bridgehead atoms. The van der Waals surface area contributed by atoms with Crippen LogP contribution in [-0.2, 0) is 10.1 Å². The largest absolute Gasteiger partial charge is 0.286 e. The summed E-state index contributed by atoms with van der Waals surface area (Å²) in [6.45, 7) is 0. The van der Waals surface area contributed by atoms with Crippen molar-refractivity contribution in [2.24, 2.45) is 0 Å². The summed E-state index contributed by atoms with van der Waals surface area (Å²) in [6, 6.07) is 8.11. The first-order valence-corrected chi connectivity index (χ1v) is 8.55. The fraction of sp³-hybridized carbons (Fsp3) is 0.400. The standard InChI is InChI=1S/C10H14O3S3/c1-14-9-3-5-10(6-4-9)15-7-2-8-16(11,12)13/h3-6H,2,7-8H2,1H3,(H,11,12,13). The molecule has 3 nitrogen and oxygen atoms in total. The van der Waals surface area contributed by atoms with Crippen molar-refractivity contribution in [2.75, 3.05) is 17.8 Å². The molecule has 0 heterocycles. The maximum atomic E-state index is 10.5. The van der Waals surface area contributed by atoms with Crippen molar-refractivity contribution in [3.05, 3.63) is 24.3 Å². The molecule has 6 heteroatoms. The number of thioether (sulfide) groups is 2. The summed E-state index contributed by atoms with van der Waals surface area (Å²) < 4.78 is 29.5. The molecule has 16 heavy (non-hydrogen) atoms.